The fourth-order valence-electron chi connectivity index (χ4n) is 2.76. The molecule has 0 aliphatic heterocycles. The number of nitrogens with one attached hydrogen (secondary N) is 1. The fourth-order valence-corrected chi connectivity index (χ4v) is 2.76. The third-order valence-electron chi connectivity index (χ3n) is 4.33. The van der Waals surface area contributed by atoms with Gasteiger partial charge in [-0.25, -0.2) is 0 Å². The summed E-state index contributed by atoms with van der Waals surface area (Å²) in [5.74, 6) is 3.46. The van der Waals surface area contributed by atoms with Crippen molar-refractivity contribution in [1.82, 2.24) is 5.32 Å². The normalized spacial score (nSPS) is 19.9. The van der Waals surface area contributed by atoms with Crippen molar-refractivity contribution in [2.24, 2.45) is 5.92 Å². The summed E-state index contributed by atoms with van der Waals surface area (Å²) in [6, 6.07) is 14.3. The summed E-state index contributed by atoms with van der Waals surface area (Å²) >= 11 is 0. The number of amides is 1. The van der Waals surface area contributed by atoms with E-state index in [0.717, 1.165) is 23.9 Å². The summed E-state index contributed by atoms with van der Waals surface area (Å²) in [7, 11) is 0. The minimum atomic E-state index is 0.0914. The molecule has 3 nitrogen and oxygen atoms in total. The molecule has 0 radical (unpaired) electrons. The van der Waals surface area contributed by atoms with Gasteiger partial charge < -0.3 is 9.73 Å². The van der Waals surface area contributed by atoms with E-state index in [-0.39, 0.29) is 5.91 Å². The van der Waals surface area contributed by atoms with E-state index in [4.69, 9.17) is 4.42 Å². The summed E-state index contributed by atoms with van der Waals surface area (Å²) in [5.41, 5.74) is 1.25. The molecule has 3 heteroatoms. The van der Waals surface area contributed by atoms with E-state index < -0.39 is 0 Å². The smallest absolute Gasteiger partial charge is 0.220 e. The maximum atomic E-state index is 11.9. The van der Waals surface area contributed by atoms with Crippen LogP contribution in [0.25, 0.3) is 0 Å². The van der Waals surface area contributed by atoms with Gasteiger partial charge in [0.05, 0.1) is 0 Å². The maximum absolute atomic E-state index is 11.9. The number of hydrogen-bond acceptors (Lipinski definition) is 2. The molecule has 1 saturated carbocycles. The number of aryl methyl sites for hydroxylation is 1. The van der Waals surface area contributed by atoms with E-state index in [1.54, 1.807) is 0 Å². The Morgan fingerprint density at radius 2 is 1.95 bits per heavy atom. The molecule has 0 saturated heterocycles. The lowest BCUT2D eigenvalue weighted by molar-refractivity contribution is -0.121. The van der Waals surface area contributed by atoms with Crippen LogP contribution in [0.2, 0.25) is 0 Å². The van der Waals surface area contributed by atoms with Crippen molar-refractivity contribution >= 4 is 5.91 Å². The standard InChI is InChI=1S/C19H23NO2/c1-14-13-17(14)18-9-7-16(22-18)8-10-19(21)20-12-11-15-5-3-2-4-6-15/h2-7,9,14,17H,8,10-13H2,1H3,(H,20,21). The molecule has 2 atom stereocenters. The van der Waals surface area contributed by atoms with Crippen molar-refractivity contribution < 1.29 is 9.21 Å². The van der Waals surface area contributed by atoms with Crippen molar-refractivity contribution in [3.63, 3.8) is 0 Å². The average Bonchev–Trinajstić information content (AvgIpc) is 3.08. The molecule has 2 aromatic rings. The van der Waals surface area contributed by atoms with E-state index in [2.05, 4.69) is 30.4 Å². The van der Waals surface area contributed by atoms with E-state index in [0.29, 0.717) is 25.3 Å². The molecule has 1 amide bonds. The monoisotopic (exact) mass is 297 g/mol. The quantitative estimate of drug-likeness (QED) is 0.847. The molecule has 3 rings (SSSR count). The van der Waals surface area contributed by atoms with Crippen LogP contribution in [-0.2, 0) is 17.6 Å². The lowest BCUT2D eigenvalue weighted by Gasteiger charge is -2.04. The second kappa shape index (κ2) is 6.82. The van der Waals surface area contributed by atoms with Crippen LogP contribution in [0.5, 0.6) is 0 Å². The molecule has 22 heavy (non-hydrogen) atoms. The molecule has 1 fully saturated rings. The van der Waals surface area contributed by atoms with Gasteiger partial charge in [0.15, 0.2) is 0 Å². The Morgan fingerprint density at radius 1 is 1.18 bits per heavy atom. The van der Waals surface area contributed by atoms with Gasteiger partial charge in [0.2, 0.25) is 5.91 Å². The van der Waals surface area contributed by atoms with Gasteiger partial charge in [-0.1, -0.05) is 37.3 Å². The molecule has 1 aromatic carbocycles. The SMILES string of the molecule is CC1CC1c1ccc(CCC(=O)NCCc2ccccc2)o1. The summed E-state index contributed by atoms with van der Waals surface area (Å²) in [5, 5.41) is 2.97. The number of hydrogen-bond donors (Lipinski definition) is 1. The highest BCUT2D eigenvalue weighted by molar-refractivity contribution is 5.76. The minimum Gasteiger partial charge on any atom is -0.466 e. The number of benzene rings is 1. The Labute approximate surface area is 131 Å². The van der Waals surface area contributed by atoms with Crippen LogP contribution < -0.4 is 5.32 Å². The van der Waals surface area contributed by atoms with Gasteiger partial charge in [-0.3, -0.25) is 4.79 Å². The van der Waals surface area contributed by atoms with Crippen LogP contribution in [0.15, 0.2) is 46.9 Å². The molecular weight excluding hydrogens is 274 g/mol. The highest BCUT2D eigenvalue weighted by Crippen LogP contribution is 2.47. The zero-order valence-corrected chi connectivity index (χ0v) is 13.0. The first-order valence-corrected chi connectivity index (χ1v) is 8.11. The van der Waals surface area contributed by atoms with Gasteiger partial charge >= 0.3 is 0 Å². The van der Waals surface area contributed by atoms with E-state index in [9.17, 15) is 4.79 Å². The van der Waals surface area contributed by atoms with Crippen molar-refractivity contribution in [1.29, 1.82) is 0 Å². The molecule has 1 aliphatic carbocycles. The van der Waals surface area contributed by atoms with Gasteiger partial charge in [0.1, 0.15) is 11.5 Å². The minimum absolute atomic E-state index is 0.0914. The summed E-state index contributed by atoms with van der Waals surface area (Å²) < 4.78 is 5.82. The van der Waals surface area contributed by atoms with Gasteiger partial charge in [-0.05, 0) is 36.5 Å². The third kappa shape index (κ3) is 4.00. The number of carbonyl (C=O) groups is 1. The van der Waals surface area contributed by atoms with Crippen molar-refractivity contribution in [2.75, 3.05) is 6.54 Å². The second-order valence-electron chi connectivity index (χ2n) is 6.21. The predicted octanol–water partition coefficient (Wildman–Crippen LogP) is 3.69. The molecule has 116 valence electrons. The first-order chi connectivity index (χ1) is 10.7. The first-order valence-electron chi connectivity index (χ1n) is 8.11. The summed E-state index contributed by atoms with van der Waals surface area (Å²) in [6.07, 6.45) is 3.27. The van der Waals surface area contributed by atoms with Crippen molar-refractivity contribution in [3.8, 4) is 0 Å². The van der Waals surface area contributed by atoms with Crippen LogP contribution >= 0.6 is 0 Å². The summed E-state index contributed by atoms with van der Waals surface area (Å²) in [6.45, 7) is 2.93. The zero-order chi connectivity index (χ0) is 15.4. The van der Waals surface area contributed by atoms with Crippen LogP contribution in [0.1, 0.15) is 42.8 Å². The van der Waals surface area contributed by atoms with E-state index in [1.807, 2.05) is 24.3 Å². The molecule has 0 spiro atoms. The van der Waals surface area contributed by atoms with Crippen molar-refractivity contribution in [3.05, 3.63) is 59.5 Å². The zero-order valence-electron chi connectivity index (χ0n) is 13.0. The number of rotatable bonds is 7. The molecule has 1 heterocycles. The molecule has 2 unspecified atom stereocenters. The Morgan fingerprint density at radius 3 is 2.68 bits per heavy atom. The van der Waals surface area contributed by atoms with E-state index >= 15 is 0 Å². The highest BCUT2D eigenvalue weighted by atomic mass is 16.3. The van der Waals surface area contributed by atoms with Crippen LogP contribution in [0.4, 0.5) is 0 Å². The molecular formula is C19H23NO2. The van der Waals surface area contributed by atoms with Crippen molar-refractivity contribution in [2.45, 2.75) is 38.5 Å². The Bertz CT molecular complexity index is 617. The first kappa shape index (κ1) is 14.9. The predicted molar refractivity (Wildman–Crippen MR) is 86.7 cm³/mol. The second-order valence-corrected chi connectivity index (χ2v) is 6.21. The van der Waals surface area contributed by atoms with Crippen LogP contribution in [-0.4, -0.2) is 12.5 Å². The van der Waals surface area contributed by atoms with Gasteiger partial charge in [0, 0.05) is 25.3 Å². The Kier molecular flexibility index (Phi) is 4.62. The Hall–Kier alpha value is -2.03. The fraction of sp³-hybridized carbons (Fsp3) is 0.421. The molecule has 0 bridgehead atoms. The number of carbonyl (C=O) groups excluding carboxylic acids is 1. The van der Waals surface area contributed by atoms with Gasteiger partial charge in [0.25, 0.3) is 0 Å². The maximum Gasteiger partial charge on any atom is 0.220 e. The Balaban J connectivity index is 1.36. The molecule has 1 aromatic heterocycles. The van der Waals surface area contributed by atoms with Gasteiger partial charge in [-0.2, -0.15) is 0 Å². The largest absolute Gasteiger partial charge is 0.466 e. The summed E-state index contributed by atoms with van der Waals surface area (Å²) in [4.78, 5) is 11.9. The lowest BCUT2D eigenvalue weighted by atomic mass is 10.1. The van der Waals surface area contributed by atoms with Gasteiger partial charge in [-0.15, -0.1) is 0 Å². The highest BCUT2D eigenvalue weighted by Gasteiger charge is 2.36. The van der Waals surface area contributed by atoms with E-state index in [1.165, 1.54) is 12.0 Å². The molecule has 1 N–H and O–H groups in total. The topological polar surface area (TPSA) is 42.2 Å². The lowest BCUT2D eigenvalue weighted by Crippen LogP contribution is -2.25. The van der Waals surface area contributed by atoms with Crippen LogP contribution in [0, 0.1) is 5.92 Å². The third-order valence-corrected chi connectivity index (χ3v) is 4.33. The number of furan rings is 1. The van der Waals surface area contributed by atoms with Crippen LogP contribution in [0.3, 0.4) is 0 Å². The average molecular weight is 297 g/mol. The molecule has 1 aliphatic rings.